The zero-order chi connectivity index (χ0) is 9.54. The van der Waals surface area contributed by atoms with Crippen molar-refractivity contribution >= 4 is 11.8 Å². The minimum Gasteiger partial charge on any atom is -0.298 e. The van der Waals surface area contributed by atoms with Crippen LogP contribution in [0.15, 0.2) is 4.79 Å². The molecule has 1 N–H and O–H groups in total. The molecule has 0 saturated heterocycles. The lowest BCUT2D eigenvalue weighted by Crippen LogP contribution is -2.22. The van der Waals surface area contributed by atoms with Crippen molar-refractivity contribution in [1.82, 2.24) is 9.78 Å². The summed E-state index contributed by atoms with van der Waals surface area (Å²) in [7, 11) is 0. The Morgan fingerprint density at radius 3 is 2.79 bits per heavy atom. The van der Waals surface area contributed by atoms with Gasteiger partial charge in [-0.3, -0.25) is 9.89 Å². The summed E-state index contributed by atoms with van der Waals surface area (Å²) in [6.07, 6.45) is 4.89. The van der Waals surface area contributed by atoms with Gasteiger partial charge in [-0.25, -0.2) is 4.68 Å². The molecule has 1 saturated carbocycles. The number of nitrogens with zero attached hydrogens (tertiary/aromatic N) is 1. The first kappa shape index (κ1) is 8.65. The lowest BCUT2D eigenvalue weighted by molar-refractivity contribution is 0.451. The smallest absolute Gasteiger partial charge is 0.271 e. The van der Waals surface area contributed by atoms with Crippen LogP contribution in [-0.2, 0) is 11.5 Å². The highest BCUT2D eigenvalue weighted by Gasteiger charge is 2.25. The predicted molar refractivity (Wildman–Crippen MR) is 57.6 cm³/mol. The predicted octanol–water partition coefficient (Wildman–Crippen LogP) is 2.04. The minimum atomic E-state index is 0.247. The number of rotatable bonds is 1. The average Bonchev–Trinajstić information content (AvgIpc) is 2.84. The molecule has 0 radical (unpaired) electrons. The first-order chi connectivity index (χ1) is 6.86. The molecule has 1 aromatic rings. The van der Waals surface area contributed by atoms with Gasteiger partial charge in [0.25, 0.3) is 5.56 Å². The van der Waals surface area contributed by atoms with Crippen molar-refractivity contribution < 1.29 is 0 Å². The molecule has 0 unspecified atom stereocenters. The Kier molecular flexibility index (Phi) is 1.97. The molecule has 14 heavy (non-hydrogen) atoms. The first-order valence-electron chi connectivity index (χ1n) is 5.26. The van der Waals surface area contributed by atoms with E-state index in [0.717, 1.165) is 17.1 Å². The van der Waals surface area contributed by atoms with Gasteiger partial charge in [-0.2, -0.15) is 11.8 Å². The van der Waals surface area contributed by atoms with Crippen molar-refractivity contribution in [1.29, 1.82) is 0 Å². The number of thioether (sulfide) groups is 1. The first-order valence-corrected chi connectivity index (χ1v) is 6.42. The summed E-state index contributed by atoms with van der Waals surface area (Å²) in [5.41, 5.74) is 2.45. The van der Waals surface area contributed by atoms with Crippen molar-refractivity contribution in [2.45, 2.75) is 43.2 Å². The van der Waals surface area contributed by atoms with E-state index in [-0.39, 0.29) is 5.56 Å². The van der Waals surface area contributed by atoms with Crippen LogP contribution in [0.3, 0.4) is 0 Å². The number of nitrogens with one attached hydrogen (secondary N) is 1. The normalized spacial score (nSPS) is 21.7. The lowest BCUT2D eigenvalue weighted by Gasteiger charge is -2.09. The summed E-state index contributed by atoms with van der Waals surface area (Å²) in [5.74, 6) is 1.90. The summed E-state index contributed by atoms with van der Waals surface area (Å²) in [6, 6.07) is 0.457. The molecule has 0 amide bonds. The van der Waals surface area contributed by atoms with Gasteiger partial charge in [0.2, 0.25) is 0 Å². The van der Waals surface area contributed by atoms with Gasteiger partial charge >= 0.3 is 0 Å². The van der Waals surface area contributed by atoms with E-state index in [1.54, 1.807) is 0 Å². The van der Waals surface area contributed by atoms with Crippen LogP contribution in [0.25, 0.3) is 0 Å². The van der Waals surface area contributed by atoms with Crippen LogP contribution >= 0.6 is 11.8 Å². The summed E-state index contributed by atoms with van der Waals surface area (Å²) in [4.78, 5) is 12.0. The fourth-order valence-corrected chi connectivity index (χ4v) is 3.53. The molecule has 1 aliphatic carbocycles. The van der Waals surface area contributed by atoms with Gasteiger partial charge in [-0.1, -0.05) is 12.8 Å². The topological polar surface area (TPSA) is 37.8 Å². The van der Waals surface area contributed by atoms with Gasteiger partial charge in [0.05, 0.1) is 17.3 Å². The lowest BCUT2D eigenvalue weighted by atomic mass is 10.2. The summed E-state index contributed by atoms with van der Waals surface area (Å²) >= 11 is 1.83. The van der Waals surface area contributed by atoms with Crippen LogP contribution in [-0.4, -0.2) is 9.78 Å². The van der Waals surface area contributed by atoms with Crippen LogP contribution < -0.4 is 5.56 Å². The molecule has 1 aliphatic heterocycles. The fraction of sp³-hybridized carbons (Fsp3) is 0.700. The molecule has 4 heteroatoms. The van der Waals surface area contributed by atoms with Crippen molar-refractivity contribution in [3.05, 3.63) is 21.6 Å². The average molecular weight is 210 g/mol. The number of fused-ring (bicyclic) bond motifs is 1. The largest absolute Gasteiger partial charge is 0.298 e. The van der Waals surface area contributed by atoms with Crippen molar-refractivity contribution in [2.75, 3.05) is 0 Å². The molecule has 1 fully saturated rings. The molecule has 0 atom stereocenters. The van der Waals surface area contributed by atoms with Crippen molar-refractivity contribution in [3.63, 3.8) is 0 Å². The molecule has 76 valence electrons. The number of H-pyrrole nitrogens is 1. The van der Waals surface area contributed by atoms with Crippen LogP contribution in [0.1, 0.15) is 43.0 Å². The Morgan fingerprint density at radius 2 is 2.07 bits per heavy atom. The zero-order valence-electron chi connectivity index (χ0n) is 8.08. The van der Waals surface area contributed by atoms with E-state index in [1.807, 2.05) is 16.4 Å². The molecule has 0 bridgehead atoms. The van der Waals surface area contributed by atoms with Gasteiger partial charge < -0.3 is 0 Å². The maximum Gasteiger partial charge on any atom is 0.271 e. The number of hydrogen-bond acceptors (Lipinski definition) is 2. The second-order valence-corrected chi connectivity index (χ2v) is 5.16. The third-order valence-electron chi connectivity index (χ3n) is 3.28. The maximum atomic E-state index is 12.0. The third kappa shape index (κ3) is 1.16. The Morgan fingerprint density at radius 1 is 1.29 bits per heavy atom. The summed E-state index contributed by atoms with van der Waals surface area (Å²) in [6.45, 7) is 0. The molecule has 2 aliphatic rings. The Balaban J connectivity index is 2.02. The van der Waals surface area contributed by atoms with Crippen LogP contribution in [0.4, 0.5) is 0 Å². The molecule has 3 rings (SSSR count). The van der Waals surface area contributed by atoms with Gasteiger partial charge in [-0.05, 0) is 12.8 Å². The molecule has 3 nitrogen and oxygen atoms in total. The van der Waals surface area contributed by atoms with E-state index in [4.69, 9.17) is 0 Å². The van der Waals surface area contributed by atoms with Crippen LogP contribution in [0, 0.1) is 0 Å². The highest BCUT2D eigenvalue weighted by atomic mass is 32.2. The van der Waals surface area contributed by atoms with Crippen LogP contribution in [0.5, 0.6) is 0 Å². The molecular weight excluding hydrogens is 196 g/mol. The van der Waals surface area contributed by atoms with E-state index in [2.05, 4.69) is 5.10 Å². The highest BCUT2D eigenvalue weighted by molar-refractivity contribution is 7.98. The Labute approximate surface area is 86.9 Å². The van der Waals surface area contributed by atoms with E-state index in [1.165, 1.54) is 31.4 Å². The molecule has 0 spiro atoms. The molecule has 1 aromatic heterocycles. The van der Waals surface area contributed by atoms with Gasteiger partial charge in [0, 0.05) is 11.5 Å². The van der Waals surface area contributed by atoms with E-state index in [0.29, 0.717) is 6.04 Å². The SMILES string of the molecule is O=c1c2c([nH]n1C1CCCC1)CSC2. The van der Waals surface area contributed by atoms with Crippen molar-refractivity contribution in [3.8, 4) is 0 Å². The highest BCUT2D eigenvalue weighted by Crippen LogP contribution is 2.31. The molecular formula is C10H14N2OS. The monoisotopic (exact) mass is 210 g/mol. The van der Waals surface area contributed by atoms with Gasteiger partial charge in [-0.15, -0.1) is 0 Å². The summed E-state index contributed by atoms with van der Waals surface area (Å²) < 4.78 is 1.89. The third-order valence-corrected chi connectivity index (χ3v) is 4.26. The van der Waals surface area contributed by atoms with E-state index < -0.39 is 0 Å². The second-order valence-electron chi connectivity index (χ2n) is 4.18. The zero-order valence-corrected chi connectivity index (χ0v) is 8.90. The van der Waals surface area contributed by atoms with E-state index in [9.17, 15) is 4.79 Å². The number of aromatic nitrogens is 2. The number of aromatic amines is 1. The maximum absolute atomic E-state index is 12.0. The van der Waals surface area contributed by atoms with Crippen LogP contribution in [0.2, 0.25) is 0 Å². The fourth-order valence-electron chi connectivity index (χ4n) is 2.48. The standard InChI is InChI=1S/C10H14N2OS/c13-10-8-5-14-6-9(8)11-12(10)7-3-1-2-4-7/h7,11H,1-6H2. The quantitative estimate of drug-likeness (QED) is 0.770. The molecule has 0 aromatic carbocycles. The summed E-state index contributed by atoms with van der Waals surface area (Å²) in [5, 5.41) is 3.29. The van der Waals surface area contributed by atoms with E-state index >= 15 is 0 Å². The Hall–Kier alpha value is -0.640. The van der Waals surface area contributed by atoms with Crippen molar-refractivity contribution in [2.24, 2.45) is 0 Å². The number of hydrogen-bond donors (Lipinski definition) is 1. The van der Waals surface area contributed by atoms with Gasteiger partial charge in [0.1, 0.15) is 0 Å². The minimum absolute atomic E-state index is 0.247. The second kappa shape index (κ2) is 3.19. The van der Waals surface area contributed by atoms with Gasteiger partial charge in [0.15, 0.2) is 0 Å². The molecule has 2 heterocycles. The Bertz CT molecular complexity index is 401.